The van der Waals surface area contributed by atoms with Crippen LogP contribution < -0.4 is 5.56 Å². The van der Waals surface area contributed by atoms with Gasteiger partial charge in [0.1, 0.15) is 0 Å². The standard InChI is InChI=1S/C16H18N4O4/c1-2-24-16(23)20-9-7-19(8-10-20)15(22)13-17-12-6-4-3-5-11(12)14(21)18-13/h3-6H,2,7-10H2,1H3,(H,17,18,21). The monoisotopic (exact) mass is 330 g/mol. The molecule has 1 aromatic heterocycles. The molecular weight excluding hydrogens is 312 g/mol. The molecule has 1 aliphatic rings. The minimum Gasteiger partial charge on any atom is -0.450 e. The van der Waals surface area contributed by atoms with Crippen LogP contribution in [-0.4, -0.2) is 64.6 Å². The van der Waals surface area contributed by atoms with E-state index < -0.39 is 0 Å². The number of ether oxygens (including phenoxy) is 1. The zero-order valence-corrected chi connectivity index (χ0v) is 13.3. The van der Waals surface area contributed by atoms with E-state index in [2.05, 4.69) is 9.97 Å². The first-order chi connectivity index (χ1) is 11.6. The molecule has 2 heterocycles. The molecule has 126 valence electrons. The molecule has 24 heavy (non-hydrogen) atoms. The van der Waals surface area contributed by atoms with Gasteiger partial charge in [0.05, 0.1) is 17.5 Å². The van der Waals surface area contributed by atoms with Gasteiger partial charge in [0.2, 0.25) is 0 Å². The van der Waals surface area contributed by atoms with Gasteiger partial charge in [0.25, 0.3) is 11.5 Å². The quantitative estimate of drug-likeness (QED) is 0.880. The lowest BCUT2D eigenvalue weighted by Gasteiger charge is -2.33. The van der Waals surface area contributed by atoms with Crippen LogP contribution in [-0.2, 0) is 4.74 Å². The van der Waals surface area contributed by atoms with Gasteiger partial charge in [-0.15, -0.1) is 0 Å². The summed E-state index contributed by atoms with van der Waals surface area (Å²) in [4.78, 5) is 46.2. The molecule has 0 radical (unpaired) electrons. The molecule has 0 aliphatic carbocycles. The molecular formula is C16H18N4O4. The third-order valence-corrected chi connectivity index (χ3v) is 3.91. The van der Waals surface area contributed by atoms with Crippen LogP contribution in [0.15, 0.2) is 29.1 Å². The molecule has 1 saturated heterocycles. The smallest absolute Gasteiger partial charge is 0.409 e. The molecule has 8 heteroatoms. The van der Waals surface area contributed by atoms with Crippen LogP contribution in [0.5, 0.6) is 0 Å². The summed E-state index contributed by atoms with van der Waals surface area (Å²) in [5.41, 5.74) is 0.142. The minimum absolute atomic E-state index is 0.0169. The summed E-state index contributed by atoms with van der Waals surface area (Å²) in [7, 11) is 0. The van der Waals surface area contributed by atoms with Gasteiger partial charge in [-0.05, 0) is 19.1 Å². The molecule has 0 spiro atoms. The van der Waals surface area contributed by atoms with Crippen molar-refractivity contribution < 1.29 is 14.3 Å². The van der Waals surface area contributed by atoms with Crippen molar-refractivity contribution >= 4 is 22.9 Å². The summed E-state index contributed by atoms with van der Waals surface area (Å²) in [5.74, 6) is -0.329. The Morgan fingerprint density at radius 1 is 1.17 bits per heavy atom. The number of hydrogen-bond acceptors (Lipinski definition) is 5. The van der Waals surface area contributed by atoms with E-state index in [0.717, 1.165) is 0 Å². The van der Waals surface area contributed by atoms with Gasteiger partial charge in [-0.1, -0.05) is 12.1 Å². The number of aromatic amines is 1. The largest absolute Gasteiger partial charge is 0.450 e. The Morgan fingerprint density at radius 2 is 1.83 bits per heavy atom. The summed E-state index contributed by atoms with van der Waals surface area (Å²) in [6.07, 6.45) is -0.373. The molecule has 8 nitrogen and oxygen atoms in total. The molecule has 0 unspecified atom stereocenters. The van der Waals surface area contributed by atoms with Gasteiger partial charge in [0, 0.05) is 26.2 Å². The molecule has 1 fully saturated rings. The molecule has 1 aliphatic heterocycles. The van der Waals surface area contributed by atoms with Crippen LogP contribution in [0, 0.1) is 0 Å². The minimum atomic E-state index is -0.373. The number of carbonyl (C=O) groups excluding carboxylic acids is 2. The number of aromatic nitrogens is 2. The Bertz CT molecular complexity index is 824. The van der Waals surface area contributed by atoms with Crippen molar-refractivity contribution in [3.8, 4) is 0 Å². The van der Waals surface area contributed by atoms with E-state index >= 15 is 0 Å². The van der Waals surface area contributed by atoms with Crippen molar-refractivity contribution in [3.05, 3.63) is 40.4 Å². The number of fused-ring (bicyclic) bond motifs is 1. The zero-order valence-electron chi connectivity index (χ0n) is 13.3. The lowest BCUT2D eigenvalue weighted by atomic mass is 10.2. The van der Waals surface area contributed by atoms with Gasteiger partial charge in [-0.3, -0.25) is 9.59 Å². The van der Waals surface area contributed by atoms with E-state index in [0.29, 0.717) is 43.7 Å². The second-order valence-electron chi connectivity index (χ2n) is 5.41. The first-order valence-corrected chi connectivity index (χ1v) is 7.80. The Morgan fingerprint density at radius 3 is 2.54 bits per heavy atom. The number of hydrogen-bond donors (Lipinski definition) is 1. The van der Waals surface area contributed by atoms with Crippen molar-refractivity contribution in [1.82, 2.24) is 19.8 Å². The Balaban J connectivity index is 1.74. The van der Waals surface area contributed by atoms with Gasteiger partial charge in [-0.2, -0.15) is 0 Å². The molecule has 1 aromatic carbocycles. The van der Waals surface area contributed by atoms with Gasteiger partial charge < -0.3 is 19.5 Å². The van der Waals surface area contributed by atoms with Gasteiger partial charge in [0.15, 0.2) is 5.82 Å². The number of H-pyrrole nitrogens is 1. The number of nitrogens with one attached hydrogen (secondary N) is 1. The molecule has 0 saturated carbocycles. The van der Waals surface area contributed by atoms with E-state index in [1.807, 2.05) is 0 Å². The fraction of sp³-hybridized carbons (Fsp3) is 0.375. The fourth-order valence-corrected chi connectivity index (χ4v) is 2.64. The second-order valence-corrected chi connectivity index (χ2v) is 5.41. The van der Waals surface area contributed by atoms with Crippen LogP contribution >= 0.6 is 0 Å². The van der Waals surface area contributed by atoms with Gasteiger partial charge in [-0.25, -0.2) is 9.78 Å². The van der Waals surface area contributed by atoms with Crippen molar-refractivity contribution in [2.24, 2.45) is 0 Å². The molecule has 2 aromatic rings. The van der Waals surface area contributed by atoms with Crippen molar-refractivity contribution in [2.45, 2.75) is 6.92 Å². The van der Waals surface area contributed by atoms with Crippen molar-refractivity contribution in [2.75, 3.05) is 32.8 Å². The van der Waals surface area contributed by atoms with Crippen LogP contribution in [0.1, 0.15) is 17.5 Å². The first kappa shape index (κ1) is 16.0. The maximum Gasteiger partial charge on any atom is 0.409 e. The maximum absolute atomic E-state index is 12.6. The Hall–Kier alpha value is -2.90. The predicted octanol–water partition coefficient (Wildman–Crippen LogP) is 0.837. The Labute approximate surface area is 138 Å². The van der Waals surface area contributed by atoms with Crippen molar-refractivity contribution in [1.29, 1.82) is 0 Å². The third kappa shape index (κ3) is 3.08. The highest BCUT2D eigenvalue weighted by Crippen LogP contribution is 2.10. The van der Waals surface area contributed by atoms with E-state index in [4.69, 9.17) is 4.74 Å². The highest BCUT2D eigenvalue weighted by Gasteiger charge is 2.26. The van der Waals surface area contributed by atoms with Gasteiger partial charge >= 0.3 is 6.09 Å². The van der Waals surface area contributed by atoms with Crippen molar-refractivity contribution in [3.63, 3.8) is 0 Å². The predicted molar refractivity (Wildman–Crippen MR) is 86.9 cm³/mol. The topological polar surface area (TPSA) is 95.6 Å². The number of nitrogens with zero attached hydrogens (tertiary/aromatic N) is 3. The van der Waals surface area contributed by atoms with E-state index in [1.165, 1.54) is 0 Å². The number of para-hydroxylation sites is 1. The number of amides is 2. The molecule has 1 N–H and O–H groups in total. The second kappa shape index (κ2) is 6.69. The number of benzene rings is 1. The average Bonchev–Trinajstić information content (AvgIpc) is 2.61. The normalized spacial score (nSPS) is 14.7. The maximum atomic E-state index is 12.6. The average molecular weight is 330 g/mol. The molecule has 3 rings (SSSR count). The summed E-state index contributed by atoms with van der Waals surface area (Å²) < 4.78 is 4.95. The zero-order chi connectivity index (χ0) is 17.1. The SMILES string of the molecule is CCOC(=O)N1CCN(C(=O)c2nc3ccccc3c(=O)[nH]2)CC1. The fourth-order valence-electron chi connectivity index (χ4n) is 2.64. The lowest BCUT2D eigenvalue weighted by molar-refractivity contribution is 0.0561. The highest BCUT2D eigenvalue weighted by molar-refractivity contribution is 5.92. The number of piperazine rings is 1. The van der Waals surface area contributed by atoms with Crippen LogP contribution in [0.25, 0.3) is 10.9 Å². The molecule has 2 amide bonds. The lowest BCUT2D eigenvalue weighted by Crippen LogP contribution is -2.51. The molecule has 0 bridgehead atoms. The van der Waals surface area contributed by atoms with E-state index in [-0.39, 0.29) is 23.4 Å². The first-order valence-electron chi connectivity index (χ1n) is 7.80. The number of rotatable bonds is 2. The molecule has 0 atom stereocenters. The Kier molecular flexibility index (Phi) is 4.45. The van der Waals surface area contributed by atoms with Crippen LogP contribution in [0.4, 0.5) is 4.79 Å². The number of carbonyl (C=O) groups is 2. The summed E-state index contributed by atoms with van der Waals surface area (Å²) in [6.45, 7) is 3.59. The summed E-state index contributed by atoms with van der Waals surface area (Å²) in [5, 5.41) is 0.446. The van der Waals surface area contributed by atoms with Crippen LogP contribution in [0.3, 0.4) is 0 Å². The highest BCUT2D eigenvalue weighted by atomic mass is 16.6. The van der Waals surface area contributed by atoms with E-state index in [1.54, 1.807) is 41.0 Å². The third-order valence-electron chi connectivity index (χ3n) is 3.91. The van der Waals surface area contributed by atoms with E-state index in [9.17, 15) is 14.4 Å². The summed E-state index contributed by atoms with van der Waals surface area (Å²) >= 11 is 0. The van der Waals surface area contributed by atoms with Crippen LogP contribution in [0.2, 0.25) is 0 Å². The summed E-state index contributed by atoms with van der Waals surface area (Å²) in [6, 6.07) is 6.87.